The monoisotopic (exact) mass is 1320 g/mol. The molecule has 0 aliphatic rings. The summed E-state index contributed by atoms with van der Waals surface area (Å²) in [6.45, 7) is 4.94. The van der Waals surface area contributed by atoms with E-state index in [1.807, 2.05) is 6.08 Å². The van der Waals surface area contributed by atoms with E-state index in [0.29, 0.717) is 19.4 Å². The van der Waals surface area contributed by atoms with Crippen molar-refractivity contribution in [3.8, 4) is 0 Å². The molecular weight excluding hydrogens is 1150 g/mol. The van der Waals surface area contributed by atoms with Gasteiger partial charge in [-0.05, 0) is 64.2 Å². The number of allylic oxidation sites excluding steroid dienone is 5. The predicted molar refractivity (Wildman–Crippen MR) is 416 cm³/mol. The summed E-state index contributed by atoms with van der Waals surface area (Å²) in [7, 11) is 0. The van der Waals surface area contributed by atoms with Gasteiger partial charge in [0.2, 0.25) is 5.91 Å². The van der Waals surface area contributed by atoms with Crippen LogP contribution in [0.15, 0.2) is 36.5 Å². The van der Waals surface area contributed by atoms with Crippen LogP contribution in [-0.2, 0) is 14.3 Å². The zero-order valence-electron chi connectivity index (χ0n) is 64.0. The second kappa shape index (κ2) is 83.5. The fraction of sp³-hybridized carbons (Fsp3) is 0.909. The average molecular weight is 1320 g/mol. The van der Waals surface area contributed by atoms with Crippen LogP contribution in [0.25, 0.3) is 0 Å². The molecule has 1 amide bonds. The van der Waals surface area contributed by atoms with Crippen molar-refractivity contribution >= 4 is 11.9 Å². The maximum atomic E-state index is 12.6. The Labute approximate surface area is 589 Å². The minimum absolute atomic E-state index is 0.0112. The minimum Gasteiger partial charge on any atom is -0.466 e. The number of amides is 1. The van der Waals surface area contributed by atoms with Gasteiger partial charge in [-0.2, -0.15) is 0 Å². The molecule has 0 rings (SSSR count). The number of aliphatic hydroxyl groups excluding tert-OH is 2. The molecule has 0 bridgehead atoms. The van der Waals surface area contributed by atoms with Gasteiger partial charge in [-0.25, -0.2) is 0 Å². The highest BCUT2D eigenvalue weighted by atomic mass is 16.5. The zero-order valence-corrected chi connectivity index (χ0v) is 64.0. The Kier molecular flexibility index (Phi) is 81.8. The third kappa shape index (κ3) is 79.1. The first-order valence-corrected chi connectivity index (χ1v) is 43.3. The van der Waals surface area contributed by atoms with E-state index in [-0.39, 0.29) is 18.5 Å². The van der Waals surface area contributed by atoms with Gasteiger partial charge in [-0.1, -0.05) is 448 Å². The molecule has 0 saturated heterocycles. The summed E-state index contributed by atoms with van der Waals surface area (Å²) in [5, 5.41) is 23.3. The lowest BCUT2D eigenvalue weighted by Gasteiger charge is -2.20. The summed E-state index contributed by atoms with van der Waals surface area (Å²) >= 11 is 0. The van der Waals surface area contributed by atoms with E-state index in [0.717, 1.165) is 51.4 Å². The van der Waals surface area contributed by atoms with Crippen molar-refractivity contribution in [3.63, 3.8) is 0 Å². The van der Waals surface area contributed by atoms with Gasteiger partial charge in [-0.15, -0.1) is 0 Å². The van der Waals surface area contributed by atoms with Crippen LogP contribution in [0.2, 0.25) is 0 Å². The SMILES string of the molecule is CCCCCC/C=C\C/C=C\CCCCCCCC(=O)OCCCCCCCCCCCCCCCCCCCCCCCCCCCCCCCCCCCCCCCCCC(=O)NC(CO)C(O)/C=C/CCCCCCCCCCCCCCCCCCCCCC. The predicted octanol–water partition coefficient (Wildman–Crippen LogP) is 28.9. The first kappa shape index (κ1) is 92.1. The molecule has 0 saturated carbocycles. The van der Waals surface area contributed by atoms with Crippen LogP contribution in [0.3, 0.4) is 0 Å². The standard InChI is InChI=1S/C88H169NO5/c1-3-5-7-9-11-13-15-17-19-21-22-23-43-46-49-52-56-60-64-68-72-76-80-86(91)85(84-90)89-87(92)81-77-73-69-65-61-57-53-50-47-44-41-39-37-35-33-31-29-27-25-24-26-28-30-32-34-36-38-40-42-45-48-51-55-59-63-67-71-75-79-83-94-88(93)82-78-74-70-66-62-58-54-20-18-16-14-12-10-8-6-4-2/h14,16,20,54,76,80,85-86,90-91H,3-13,15,17-19,21-53,55-75,77-79,81-84H2,1-2H3,(H,89,92)/b16-14-,54-20-,80-76+. The largest absolute Gasteiger partial charge is 0.466 e. The lowest BCUT2D eigenvalue weighted by atomic mass is 10.0. The highest BCUT2D eigenvalue weighted by Gasteiger charge is 2.18. The molecule has 0 aromatic heterocycles. The van der Waals surface area contributed by atoms with Crippen molar-refractivity contribution in [2.45, 2.75) is 501 Å². The molecule has 3 N–H and O–H groups in total. The second-order valence-corrected chi connectivity index (χ2v) is 29.9. The van der Waals surface area contributed by atoms with Crippen LogP contribution in [0.5, 0.6) is 0 Å². The van der Waals surface area contributed by atoms with E-state index >= 15 is 0 Å². The van der Waals surface area contributed by atoms with Crippen LogP contribution < -0.4 is 5.32 Å². The van der Waals surface area contributed by atoms with E-state index in [9.17, 15) is 19.8 Å². The topological polar surface area (TPSA) is 95.9 Å². The molecule has 2 atom stereocenters. The Morgan fingerprint density at radius 1 is 0.298 bits per heavy atom. The Hall–Kier alpha value is -1.92. The van der Waals surface area contributed by atoms with Crippen molar-refractivity contribution in [3.05, 3.63) is 36.5 Å². The quantitative estimate of drug-likeness (QED) is 0.0320. The Morgan fingerprint density at radius 3 is 0.819 bits per heavy atom. The van der Waals surface area contributed by atoms with Gasteiger partial charge in [0.15, 0.2) is 0 Å². The number of esters is 1. The van der Waals surface area contributed by atoms with E-state index in [1.165, 1.54) is 411 Å². The number of nitrogens with one attached hydrogen (secondary N) is 1. The number of hydrogen-bond donors (Lipinski definition) is 3. The summed E-state index contributed by atoms with van der Waals surface area (Å²) in [5.41, 5.74) is 0. The van der Waals surface area contributed by atoms with Gasteiger partial charge < -0.3 is 20.3 Å². The van der Waals surface area contributed by atoms with E-state index in [4.69, 9.17) is 4.74 Å². The Bertz CT molecular complexity index is 1520. The van der Waals surface area contributed by atoms with Gasteiger partial charge in [0, 0.05) is 12.8 Å². The minimum atomic E-state index is -0.842. The Balaban J connectivity index is 3.32. The number of ether oxygens (including phenoxy) is 1. The number of aliphatic hydroxyl groups is 2. The number of rotatable bonds is 82. The lowest BCUT2D eigenvalue weighted by molar-refractivity contribution is -0.143. The molecule has 0 aliphatic carbocycles. The number of carbonyl (C=O) groups excluding carboxylic acids is 2. The lowest BCUT2D eigenvalue weighted by Crippen LogP contribution is -2.45. The summed E-state index contributed by atoms with van der Waals surface area (Å²) in [6.07, 6.45) is 110. The smallest absolute Gasteiger partial charge is 0.305 e. The fourth-order valence-electron chi connectivity index (χ4n) is 13.8. The average Bonchev–Trinajstić information content (AvgIpc) is 3.68. The van der Waals surface area contributed by atoms with E-state index < -0.39 is 12.1 Å². The highest BCUT2D eigenvalue weighted by molar-refractivity contribution is 5.76. The third-order valence-electron chi connectivity index (χ3n) is 20.4. The maximum Gasteiger partial charge on any atom is 0.305 e. The first-order valence-electron chi connectivity index (χ1n) is 43.3. The zero-order chi connectivity index (χ0) is 67.7. The summed E-state index contributed by atoms with van der Waals surface area (Å²) in [5.74, 6) is -0.0455. The summed E-state index contributed by atoms with van der Waals surface area (Å²) < 4.78 is 5.50. The third-order valence-corrected chi connectivity index (χ3v) is 20.4. The van der Waals surface area contributed by atoms with E-state index in [1.54, 1.807) is 6.08 Å². The molecule has 0 spiro atoms. The molecule has 94 heavy (non-hydrogen) atoms. The van der Waals surface area contributed by atoms with Crippen molar-refractivity contribution < 1.29 is 24.5 Å². The molecule has 0 aliphatic heterocycles. The molecule has 6 heteroatoms. The Morgan fingerprint density at radius 2 is 0.532 bits per heavy atom. The molecule has 2 unspecified atom stereocenters. The van der Waals surface area contributed by atoms with Crippen molar-refractivity contribution in [1.82, 2.24) is 5.32 Å². The molecule has 0 heterocycles. The van der Waals surface area contributed by atoms with Crippen LogP contribution in [0, 0.1) is 0 Å². The number of carbonyl (C=O) groups is 2. The molecule has 6 nitrogen and oxygen atoms in total. The van der Waals surface area contributed by atoms with Gasteiger partial charge >= 0.3 is 5.97 Å². The molecular formula is C88H169NO5. The van der Waals surface area contributed by atoms with Crippen molar-refractivity contribution in [2.24, 2.45) is 0 Å². The maximum absolute atomic E-state index is 12.6. The molecule has 0 radical (unpaired) electrons. The molecule has 556 valence electrons. The van der Waals surface area contributed by atoms with Gasteiger partial charge in [-0.3, -0.25) is 9.59 Å². The van der Waals surface area contributed by atoms with Crippen LogP contribution in [0.1, 0.15) is 489 Å². The van der Waals surface area contributed by atoms with Gasteiger partial charge in [0.05, 0.1) is 25.4 Å². The first-order chi connectivity index (χ1) is 46.5. The van der Waals surface area contributed by atoms with Crippen molar-refractivity contribution in [1.29, 1.82) is 0 Å². The highest BCUT2D eigenvalue weighted by Crippen LogP contribution is 2.21. The molecule has 0 aromatic carbocycles. The van der Waals surface area contributed by atoms with Gasteiger partial charge in [0.25, 0.3) is 0 Å². The van der Waals surface area contributed by atoms with E-state index in [2.05, 4.69) is 43.5 Å². The van der Waals surface area contributed by atoms with Crippen LogP contribution in [0.4, 0.5) is 0 Å². The number of hydrogen-bond acceptors (Lipinski definition) is 5. The van der Waals surface area contributed by atoms with Crippen molar-refractivity contribution in [2.75, 3.05) is 13.2 Å². The fourth-order valence-corrected chi connectivity index (χ4v) is 13.8. The second-order valence-electron chi connectivity index (χ2n) is 29.9. The van der Waals surface area contributed by atoms with Gasteiger partial charge in [0.1, 0.15) is 0 Å². The summed E-state index contributed by atoms with van der Waals surface area (Å²) in [4.78, 5) is 24.7. The normalized spacial score (nSPS) is 12.6. The van der Waals surface area contributed by atoms with Crippen LogP contribution in [-0.4, -0.2) is 47.4 Å². The molecule has 0 fully saturated rings. The molecule has 0 aromatic rings. The van der Waals surface area contributed by atoms with Crippen LogP contribution >= 0.6 is 0 Å². The summed E-state index contributed by atoms with van der Waals surface area (Å²) in [6, 6.07) is -0.624. The number of unbranched alkanes of at least 4 members (excludes halogenated alkanes) is 67.